The summed E-state index contributed by atoms with van der Waals surface area (Å²) in [5.41, 5.74) is 5.65. The fourth-order valence-electron chi connectivity index (χ4n) is 2.30. The zero-order chi connectivity index (χ0) is 13.9. The van der Waals surface area contributed by atoms with Gasteiger partial charge in [0.1, 0.15) is 6.04 Å². The fraction of sp³-hybridized carbons (Fsp3) is 0.750. The second-order valence-corrected chi connectivity index (χ2v) is 5.34. The van der Waals surface area contributed by atoms with Crippen LogP contribution in [-0.4, -0.2) is 40.8 Å². The summed E-state index contributed by atoms with van der Waals surface area (Å²) in [4.78, 5) is 26.0. The van der Waals surface area contributed by atoms with E-state index in [4.69, 9.17) is 18.0 Å². The summed E-state index contributed by atoms with van der Waals surface area (Å²) in [7, 11) is 0. The van der Waals surface area contributed by atoms with Crippen molar-refractivity contribution in [1.29, 1.82) is 0 Å². The van der Waals surface area contributed by atoms with Crippen LogP contribution in [0, 0.1) is 11.8 Å². The maximum Gasteiger partial charge on any atom is 0.242 e. The average Bonchev–Trinajstić information content (AvgIpc) is 2.27. The zero-order valence-corrected chi connectivity index (χ0v) is 11.9. The highest BCUT2D eigenvalue weighted by Gasteiger charge is 2.37. The molecule has 0 aromatic carbocycles. The van der Waals surface area contributed by atoms with Crippen LogP contribution < -0.4 is 11.1 Å². The van der Waals surface area contributed by atoms with Crippen molar-refractivity contribution in [1.82, 2.24) is 10.2 Å². The van der Waals surface area contributed by atoms with E-state index in [9.17, 15) is 9.59 Å². The van der Waals surface area contributed by atoms with Crippen molar-refractivity contribution in [3.8, 4) is 0 Å². The van der Waals surface area contributed by atoms with Gasteiger partial charge in [-0.1, -0.05) is 33.0 Å². The van der Waals surface area contributed by atoms with Crippen molar-refractivity contribution in [3.63, 3.8) is 0 Å². The van der Waals surface area contributed by atoms with Gasteiger partial charge < -0.3 is 16.0 Å². The van der Waals surface area contributed by atoms with Crippen LogP contribution in [0.2, 0.25) is 0 Å². The summed E-state index contributed by atoms with van der Waals surface area (Å²) in [6.07, 6.45) is 0.597. The number of nitrogens with zero attached hydrogens (tertiary/aromatic N) is 1. The fourth-order valence-corrected chi connectivity index (χ4v) is 2.67. The summed E-state index contributed by atoms with van der Waals surface area (Å²) >= 11 is 4.97. The maximum atomic E-state index is 12.5. The van der Waals surface area contributed by atoms with Crippen LogP contribution in [0.25, 0.3) is 0 Å². The van der Waals surface area contributed by atoms with Crippen LogP contribution in [-0.2, 0) is 9.59 Å². The third-order valence-corrected chi connectivity index (χ3v) is 3.49. The minimum Gasteiger partial charge on any atom is -0.393 e. The van der Waals surface area contributed by atoms with Gasteiger partial charge in [0.25, 0.3) is 0 Å². The molecule has 1 rings (SSSR count). The van der Waals surface area contributed by atoms with Crippen molar-refractivity contribution >= 4 is 29.0 Å². The molecule has 1 heterocycles. The molecule has 1 aliphatic rings. The molecule has 0 spiro atoms. The SMILES string of the molecule is CCC1C(=O)NCCN1C(=O)C(C(N)=S)C(C)C. The number of thiocarbonyl (C=S) groups is 1. The first-order chi connectivity index (χ1) is 8.40. The van der Waals surface area contributed by atoms with Gasteiger partial charge in [0, 0.05) is 13.1 Å². The Kier molecular flexibility index (Phi) is 5.07. The highest BCUT2D eigenvalue weighted by atomic mass is 32.1. The molecule has 102 valence electrons. The molecule has 1 fully saturated rings. The normalized spacial score (nSPS) is 21.7. The quantitative estimate of drug-likeness (QED) is 0.720. The first kappa shape index (κ1) is 14.9. The Morgan fingerprint density at radius 2 is 2.22 bits per heavy atom. The standard InChI is InChI=1S/C12H21N3O2S/c1-4-8-11(16)14-5-6-15(8)12(17)9(7(2)3)10(13)18/h7-9H,4-6H2,1-3H3,(H2,13,18)(H,14,16). The largest absolute Gasteiger partial charge is 0.393 e. The Hall–Kier alpha value is -1.17. The molecule has 18 heavy (non-hydrogen) atoms. The molecule has 0 bridgehead atoms. The second-order valence-electron chi connectivity index (χ2n) is 4.87. The maximum absolute atomic E-state index is 12.5. The summed E-state index contributed by atoms with van der Waals surface area (Å²) in [6, 6.07) is -0.401. The lowest BCUT2D eigenvalue weighted by molar-refractivity contribution is -0.145. The molecule has 2 amide bonds. The van der Waals surface area contributed by atoms with E-state index in [0.29, 0.717) is 19.5 Å². The summed E-state index contributed by atoms with van der Waals surface area (Å²) in [5, 5.41) is 2.77. The minimum atomic E-state index is -0.486. The number of carbonyl (C=O) groups excluding carboxylic acids is 2. The summed E-state index contributed by atoms with van der Waals surface area (Å²) < 4.78 is 0. The van der Waals surface area contributed by atoms with Crippen molar-refractivity contribution in [2.24, 2.45) is 17.6 Å². The molecule has 0 aromatic heterocycles. The predicted molar refractivity (Wildman–Crippen MR) is 73.9 cm³/mol. The molecule has 0 radical (unpaired) electrons. The van der Waals surface area contributed by atoms with Gasteiger partial charge in [-0.05, 0) is 12.3 Å². The van der Waals surface area contributed by atoms with Crippen molar-refractivity contribution in [3.05, 3.63) is 0 Å². The number of nitrogens with one attached hydrogen (secondary N) is 1. The average molecular weight is 271 g/mol. The predicted octanol–water partition coefficient (Wildman–Crippen LogP) is 0.282. The number of carbonyl (C=O) groups is 2. The third-order valence-electron chi connectivity index (χ3n) is 3.24. The first-order valence-electron chi connectivity index (χ1n) is 6.27. The molecule has 0 aromatic rings. The van der Waals surface area contributed by atoms with Crippen LogP contribution in [0.3, 0.4) is 0 Å². The van der Waals surface area contributed by atoms with Gasteiger partial charge in [0.2, 0.25) is 11.8 Å². The Morgan fingerprint density at radius 3 is 2.67 bits per heavy atom. The number of hydrogen-bond acceptors (Lipinski definition) is 3. The van der Waals surface area contributed by atoms with Crippen molar-refractivity contribution < 1.29 is 9.59 Å². The molecule has 2 unspecified atom stereocenters. The van der Waals surface area contributed by atoms with Crippen LogP contribution in [0.5, 0.6) is 0 Å². The Balaban J connectivity index is 2.92. The van der Waals surface area contributed by atoms with E-state index in [2.05, 4.69) is 5.32 Å². The molecule has 6 heteroatoms. The summed E-state index contributed by atoms with van der Waals surface area (Å²) in [5.74, 6) is -0.667. The lowest BCUT2D eigenvalue weighted by Gasteiger charge is -2.37. The molecule has 2 atom stereocenters. The highest BCUT2D eigenvalue weighted by molar-refractivity contribution is 7.80. The van der Waals surface area contributed by atoms with Gasteiger partial charge in [0.05, 0.1) is 10.9 Å². The zero-order valence-electron chi connectivity index (χ0n) is 11.1. The van der Waals surface area contributed by atoms with Gasteiger partial charge in [-0.2, -0.15) is 0 Å². The monoisotopic (exact) mass is 271 g/mol. The number of amides is 2. The van der Waals surface area contributed by atoms with Gasteiger partial charge in [-0.15, -0.1) is 0 Å². The molecule has 3 N–H and O–H groups in total. The third kappa shape index (κ3) is 2.98. The topological polar surface area (TPSA) is 75.4 Å². The molecular formula is C12H21N3O2S. The van der Waals surface area contributed by atoms with E-state index in [1.165, 1.54) is 0 Å². The second kappa shape index (κ2) is 6.13. The van der Waals surface area contributed by atoms with Gasteiger partial charge >= 0.3 is 0 Å². The Bertz CT molecular complexity index is 357. The number of hydrogen-bond donors (Lipinski definition) is 2. The van der Waals surface area contributed by atoms with Gasteiger partial charge in [-0.25, -0.2) is 0 Å². The summed E-state index contributed by atoms with van der Waals surface area (Å²) in [6.45, 7) is 6.72. The smallest absolute Gasteiger partial charge is 0.242 e. The van der Waals surface area contributed by atoms with E-state index in [1.807, 2.05) is 20.8 Å². The van der Waals surface area contributed by atoms with Crippen LogP contribution in [0.1, 0.15) is 27.2 Å². The van der Waals surface area contributed by atoms with E-state index in [0.717, 1.165) is 0 Å². The molecule has 0 saturated carbocycles. The van der Waals surface area contributed by atoms with Gasteiger partial charge in [0.15, 0.2) is 0 Å². The van der Waals surface area contributed by atoms with E-state index in [-0.39, 0.29) is 22.7 Å². The van der Waals surface area contributed by atoms with Crippen molar-refractivity contribution in [2.75, 3.05) is 13.1 Å². The molecule has 5 nitrogen and oxygen atoms in total. The number of piperazine rings is 1. The molecular weight excluding hydrogens is 250 g/mol. The van der Waals surface area contributed by atoms with E-state index < -0.39 is 12.0 Å². The van der Waals surface area contributed by atoms with Crippen LogP contribution in [0.4, 0.5) is 0 Å². The number of nitrogens with two attached hydrogens (primary N) is 1. The Morgan fingerprint density at radius 1 is 1.61 bits per heavy atom. The lowest BCUT2D eigenvalue weighted by Crippen LogP contribution is -2.59. The van der Waals surface area contributed by atoms with Crippen LogP contribution >= 0.6 is 12.2 Å². The Labute approximate surface area is 113 Å². The van der Waals surface area contributed by atoms with Crippen molar-refractivity contribution in [2.45, 2.75) is 33.2 Å². The molecule has 1 saturated heterocycles. The molecule has 0 aliphatic carbocycles. The highest BCUT2D eigenvalue weighted by Crippen LogP contribution is 2.19. The molecule has 1 aliphatic heterocycles. The van der Waals surface area contributed by atoms with Gasteiger partial charge in [-0.3, -0.25) is 9.59 Å². The lowest BCUT2D eigenvalue weighted by atomic mass is 9.93. The number of rotatable bonds is 4. The van der Waals surface area contributed by atoms with Crippen LogP contribution in [0.15, 0.2) is 0 Å². The minimum absolute atomic E-state index is 0.0393. The first-order valence-corrected chi connectivity index (χ1v) is 6.68. The van der Waals surface area contributed by atoms with E-state index in [1.54, 1.807) is 4.90 Å². The van der Waals surface area contributed by atoms with E-state index >= 15 is 0 Å².